The lowest BCUT2D eigenvalue weighted by molar-refractivity contribution is -0.151. The van der Waals surface area contributed by atoms with E-state index in [4.69, 9.17) is 0 Å². The van der Waals surface area contributed by atoms with E-state index < -0.39 is 21.4 Å². The van der Waals surface area contributed by atoms with Crippen LogP contribution in [0, 0.1) is 16.7 Å². The molecule has 0 bridgehead atoms. The average Bonchev–Trinajstić information content (AvgIpc) is 2.25. The van der Waals surface area contributed by atoms with E-state index in [9.17, 15) is 18.3 Å². The van der Waals surface area contributed by atoms with E-state index in [1.807, 2.05) is 20.8 Å². The summed E-state index contributed by atoms with van der Waals surface area (Å²) in [6, 6.07) is 0. The molecule has 1 rings (SSSR count). The first-order chi connectivity index (χ1) is 8.86. The van der Waals surface area contributed by atoms with Crippen LogP contribution in [0.1, 0.15) is 47.5 Å². The standard InChI is InChI=1S/C14H27NO4S/c1-13(2,3)10-20(18,19)15-8-6-7-11(9-15)14(4,5)12(16)17/h11H,6-10H2,1-5H3,(H,16,17). The van der Waals surface area contributed by atoms with Gasteiger partial charge in [0.05, 0.1) is 11.2 Å². The molecule has 0 spiro atoms. The van der Waals surface area contributed by atoms with E-state index >= 15 is 0 Å². The smallest absolute Gasteiger partial charge is 0.309 e. The third kappa shape index (κ3) is 4.19. The first-order valence-corrected chi connectivity index (χ1v) is 8.68. The minimum absolute atomic E-state index is 0.0974. The molecule has 0 aromatic carbocycles. The lowest BCUT2D eigenvalue weighted by Crippen LogP contribution is -2.48. The van der Waals surface area contributed by atoms with Crippen molar-refractivity contribution in [2.75, 3.05) is 18.8 Å². The number of hydrogen-bond donors (Lipinski definition) is 1. The van der Waals surface area contributed by atoms with Crippen LogP contribution in [0.25, 0.3) is 0 Å². The summed E-state index contributed by atoms with van der Waals surface area (Å²) in [7, 11) is -3.32. The van der Waals surface area contributed by atoms with Crippen LogP contribution in [0.2, 0.25) is 0 Å². The average molecular weight is 305 g/mol. The van der Waals surface area contributed by atoms with Crippen molar-refractivity contribution in [3.63, 3.8) is 0 Å². The van der Waals surface area contributed by atoms with Crippen LogP contribution in [0.5, 0.6) is 0 Å². The van der Waals surface area contributed by atoms with Gasteiger partial charge in [0.1, 0.15) is 0 Å². The highest BCUT2D eigenvalue weighted by atomic mass is 32.2. The molecule has 6 heteroatoms. The van der Waals surface area contributed by atoms with Crippen molar-refractivity contribution in [1.82, 2.24) is 4.31 Å². The zero-order valence-corrected chi connectivity index (χ0v) is 14.0. The van der Waals surface area contributed by atoms with Gasteiger partial charge in [0.15, 0.2) is 0 Å². The van der Waals surface area contributed by atoms with Gasteiger partial charge < -0.3 is 5.11 Å². The number of carbonyl (C=O) groups is 1. The van der Waals surface area contributed by atoms with Gasteiger partial charge in [0, 0.05) is 13.1 Å². The third-order valence-electron chi connectivity index (χ3n) is 3.96. The minimum Gasteiger partial charge on any atom is -0.481 e. The quantitative estimate of drug-likeness (QED) is 0.864. The first-order valence-electron chi connectivity index (χ1n) is 7.07. The summed E-state index contributed by atoms with van der Waals surface area (Å²) < 4.78 is 26.3. The van der Waals surface area contributed by atoms with Gasteiger partial charge in [0.25, 0.3) is 0 Å². The Hall–Kier alpha value is -0.620. The molecule has 1 saturated heterocycles. The van der Waals surface area contributed by atoms with Crippen molar-refractivity contribution >= 4 is 16.0 Å². The molecule has 20 heavy (non-hydrogen) atoms. The molecule has 5 nitrogen and oxygen atoms in total. The predicted octanol–water partition coefficient (Wildman–Crippen LogP) is 2.19. The maximum Gasteiger partial charge on any atom is 0.309 e. The van der Waals surface area contributed by atoms with Crippen LogP contribution >= 0.6 is 0 Å². The van der Waals surface area contributed by atoms with Crippen molar-refractivity contribution in [1.29, 1.82) is 0 Å². The molecule has 0 aromatic rings. The van der Waals surface area contributed by atoms with Gasteiger partial charge in [-0.1, -0.05) is 20.8 Å². The third-order valence-corrected chi connectivity index (χ3v) is 6.31. The van der Waals surface area contributed by atoms with Gasteiger partial charge in [-0.3, -0.25) is 4.79 Å². The molecule has 1 fully saturated rings. The van der Waals surface area contributed by atoms with Crippen molar-refractivity contribution < 1.29 is 18.3 Å². The Morgan fingerprint density at radius 1 is 1.25 bits per heavy atom. The zero-order chi connectivity index (χ0) is 15.8. The summed E-state index contributed by atoms with van der Waals surface area (Å²) in [6.07, 6.45) is 1.49. The fourth-order valence-corrected chi connectivity index (χ4v) is 4.69. The number of aliphatic carboxylic acids is 1. The first kappa shape index (κ1) is 17.4. The van der Waals surface area contributed by atoms with Crippen molar-refractivity contribution in [2.45, 2.75) is 47.5 Å². The van der Waals surface area contributed by atoms with E-state index in [2.05, 4.69) is 0 Å². The molecule has 1 atom stereocenters. The number of carboxylic acids is 1. The fraction of sp³-hybridized carbons (Fsp3) is 0.929. The molecule has 0 saturated carbocycles. The fourth-order valence-electron chi connectivity index (χ4n) is 2.60. The SMILES string of the molecule is CC(C)(C)CS(=O)(=O)N1CCCC(C(C)(C)C(=O)O)C1. The summed E-state index contributed by atoms with van der Waals surface area (Å²) in [4.78, 5) is 11.3. The number of carboxylic acid groups (broad SMARTS) is 1. The van der Waals surface area contributed by atoms with E-state index in [0.29, 0.717) is 13.1 Å². The Morgan fingerprint density at radius 3 is 2.25 bits per heavy atom. The van der Waals surface area contributed by atoms with E-state index in [1.165, 1.54) is 4.31 Å². The van der Waals surface area contributed by atoms with Gasteiger partial charge in [0.2, 0.25) is 10.0 Å². The van der Waals surface area contributed by atoms with Gasteiger partial charge in [-0.05, 0) is 38.0 Å². The highest BCUT2D eigenvalue weighted by Gasteiger charge is 2.41. The number of hydrogen-bond acceptors (Lipinski definition) is 3. The second-order valence-electron chi connectivity index (χ2n) is 7.54. The number of rotatable bonds is 4. The summed E-state index contributed by atoms with van der Waals surface area (Å²) in [5, 5.41) is 9.30. The normalized spacial score (nSPS) is 22.8. The maximum atomic E-state index is 12.4. The molecule has 1 unspecified atom stereocenters. The Kier molecular flexibility index (Phi) is 4.91. The van der Waals surface area contributed by atoms with Crippen LogP contribution in [0.15, 0.2) is 0 Å². The lowest BCUT2D eigenvalue weighted by Gasteiger charge is -2.39. The summed E-state index contributed by atoms with van der Waals surface area (Å²) >= 11 is 0. The van der Waals surface area contributed by atoms with Gasteiger partial charge in [-0.2, -0.15) is 0 Å². The summed E-state index contributed by atoms with van der Waals surface area (Å²) in [6.45, 7) is 9.87. The molecular weight excluding hydrogens is 278 g/mol. The molecule has 1 aliphatic rings. The van der Waals surface area contributed by atoms with E-state index in [-0.39, 0.29) is 17.1 Å². The molecule has 0 radical (unpaired) electrons. The van der Waals surface area contributed by atoms with Crippen molar-refractivity contribution in [3.8, 4) is 0 Å². The summed E-state index contributed by atoms with van der Waals surface area (Å²) in [5.41, 5.74) is -1.19. The van der Waals surface area contributed by atoms with Crippen LogP contribution in [0.4, 0.5) is 0 Å². The Balaban J connectivity index is 2.87. The number of sulfonamides is 1. The Labute approximate surface area is 122 Å². The molecule has 0 aliphatic carbocycles. The monoisotopic (exact) mass is 305 g/mol. The Morgan fingerprint density at radius 2 is 1.80 bits per heavy atom. The van der Waals surface area contributed by atoms with Gasteiger partial charge in [-0.15, -0.1) is 0 Å². The number of nitrogens with zero attached hydrogens (tertiary/aromatic N) is 1. The molecular formula is C14H27NO4S. The van der Waals surface area contributed by atoms with Crippen LogP contribution in [0.3, 0.4) is 0 Å². The molecule has 0 aromatic heterocycles. The van der Waals surface area contributed by atoms with Crippen LogP contribution < -0.4 is 0 Å². The van der Waals surface area contributed by atoms with Crippen molar-refractivity contribution in [3.05, 3.63) is 0 Å². The van der Waals surface area contributed by atoms with Gasteiger partial charge in [-0.25, -0.2) is 12.7 Å². The van der Waals surface area contributed by atoms with Crippen LogP contribution in [-0.2, 0) is 14.8 Å². The van der Waals surface area contributed by atoms with Crippen LogP contribution in [-0.4, -0.2) is 42.6 Å². The summed E-state index contributed by atoms with van der Waals surface area (Å²) in [5.74, 6) is -0.902. The second-order valence-corrected chi connectivity index (χ2v) is 9.51. The maximum absolute atomic E-state index is 12.4. The highest BCUT2D eigenvalue weighted by molar-refractivity contribution is 7.89. The zero-order valence-electron chi connectivity index (χ0n) is 13.1. The Bertz CT molecular complexity index is 462. The van der Waals surface area contributed by atoms with Gasteiger partial charge >= 0.3 is 5.97 Å². The molecule has 1 N–H and O–H groups in total. The molecule has 1 aliphatic heterocycles. The van der Waals surface area contributed by atoms with E-state index in [1.54, 1.807) is 13.8 Å². The predicted molar refractivity (Wildman–Crippen MR) is 79.0 cm³/mol. The molecule has 1 heterocycles. The van der Waals surface area contributed by atoms with Crippen molar-refractivity contribution in [2.24, 2.45) is 16.7 Å². The number of piperidine rings is 1. The second kappa shape index (κ2) is 5.64. The highest BCUT2D eigenvalue weighted by Crippen LogP contribution is 2.35. The van der Waals surface area contributed by atoms with E-state index in [0.717, 1.165) is 12.8 Å². The molecule has 0 amide bonds. The topological polar surface area (TPSA) is 74.7 Å². The largest absolute Gasteiger partial charge is 0.481 e. The minimum atomic E-state index is -3.32. The molecule has 118 valence electrons. The lowest BCUT2D eigenvalue weighted by atomic mass is 9.75.